The summed E-state index contributed by atoms with van der Waals surface area (Å²) < 4.78 is 0. The summed E-state index contributed by atoms with van der Waals surface area (Å²) in [5, 5.41) is 0. The third-order valence-corrected chi connectivity index (χ3v) is 3.87. The van der Waals surface area contributed by atoms with E-state index < -0.39 is 0 Å². The predicted octanol–water partition coefficient (Wildman–Crippen LogP) is 3.56. The van der Waals surface area contributed by atoms with Crippen molar-refractivity contribution in [1.29, 1.82) is 0 Å². The molecule has 1 fully saturated rings. The van der Waals surface area contributed by atoms with Gasteiger partial charge in [0.1, 0.15) is 5.78 Å². The molecule has 0 N–H and O–H groups in total. The van der Waals surface area contributed by atoms with Crippen molar-refractivity contribution in [2.24, 2.45) is 5.92 Å². The third-order valence-electron chi connectivity index (χ3n) is 3.87. The van der Waals surface area contributed by atoms with E-state index in [4.69, 9.17) is 0 Å². The van der Waals surface area contributed by atoms with Crippen molar-refractivity contribution in [2.75, 3.05) is 0 Å². The molecule has 0 aliphatic heterocycles. The second-order valence-corrected chi connectivity index (χ2v) is 4.83. The summed E-state index contributed by atoms with van der Waals surface area (Å²) >= 11 is 0. The van der Waals surface area contributed by atoms with Crippen molar-refractivity contribution in [3.05, 3.63) is 41.5 Å². The number of hydrogen-bond donors (Lipinski definition) is 0. The maximum absolute atomic E-state index is 12.0. The maximum atomic E-state index is 12.0. The van der Waals surface area contributed by atoms with Crippen LogP contribution in [0.5, 0.6) is 0 Å². The summed E-state index contributed by atoms with van der Waals surface area (Å²) in [6.07, 6.45) is 8.55. The number of hydrogen-bond acceptors (Lipinski definition) is 1. The van der Waals surface area contributed by atoms with Crippen LogP contribution in [0.3, 0.4) is 0 Å². The highest BCUT2D eigenvalue weighted by molar-refractivity contribution is 5.84. The standard InChI is InChI=1S/C15H16O/c16-15-8-4-3-7-14(15)13-10-9-11-5-1-2-6-12(11)13/h1-2,5-6,9-10,13-14H,3-4,7-8H2/t13?,14-/m0/s1. The van der Waals surface area contributed by atoms with Crippen molar-refractivity contribution < 1.29 is 4.79 Å². The van der Waals surface area contributed by atoms with Gasteiger partial charge in [-0.1, -0.05) is 42.8 Å². The molecule has 0 bridgehead atoms. The van der Waals surface area contributed by atoms with Crippen molar-refractivity contribution in [2.45, 2.75) is 31.6 Å². The van der Waals surface area contributed by atoms with E-state index in [2.05, 4.69) is 36.4 Å². The minimum atomic E-state index is 0.244. The van der Waals surface area contributed by atoms with Crippen LogP contribution in [-0.2, 0) is 4.79 Å². The van der Waals surface area contributed by atoms with E-state index >= 15 is 0 Å². The van der Waals surface area contributed by atoms with Gasteiger partial charge in [-0.3, -0.25) is 4.79 Å². The molecule has 1 heteroatoms. The zero-order chi connectivity index (χ0) is 11.0. The van der Waals surface area contributed by atoms with E-state index in [1.807, 2.05) is 0 Å². The molecule has 82 valence electrons. The Morgan fingerprint density at radius 3 is 2.88 bits per heavy atom. The summed E-state index contributed by atoms with van der Waals surface area (Å²) in [7, 11) is 0. The van der Waals surface area contributed by atoms with Crippen LogP contribution in [0, 0.1) is 5.92 Å². The largest absolute Gasteiger partial charge is 0.299 e. The molecule has 0 aromatic heterocycles. The fourth-order valence-electron chi connectivity index (χ4n) is 3.02. The first-order valence-corrected chi connectivity index (χ1v) is 6.16. The topological polar surface area (TPSA) is 17.1 Å². The lowest BCUT2D eigenvalue weighted by Gasteiger charge is -2.26. The van der Waals surface area contributed by atoms with Crippen LogP contribution < -0.4 is 0 Å². The second kappa shape index (κ2) is 3.89. The van der Waals surface area contributed by atoms with Crippen LogP contribution in [0.4, 0.5) is 0 Å². The van der Waals surface area contributed by atoms with E-state index in [-0.39, 0.29) is 5.92 Å². The quantitative estimate of drug-likeness (QED) is 0.695. The number of Topliss-reactive ketones (excluding diaryl/α,β-unsaturated/α-hetero) is 1. The minimum Gasteiger partial charge on any atom is -0.299 e. The van der Waals surface area contributed by atoms with E-state index in [9.17, 15) is 4.79 Å². The zero-order valence-corrected chi connectivity index (χ0v) is 9.36. The highest BCUT2D eigenvalue weighted by atomic mass is 16.1. The maximum Gasteiger partial charge on any atom is 0.136 e. The Morgan fingerprint density at radius 1 is 1.12 bits per heavy atom. The highest BCUT2D eigenvalue weighted by Gasteiger charge is 2.32. The normalized spacial score (nSPS) is 28.1. The zero-order valence-electron chi connectivity index (χ0n) is 9.36. The highest BCUT2D eigenvalue weighted by Crippen LogP contribution is 2.40. The van der Waals surface area contributed by atoms with Crippen LogP contribution in [-0.4, -0.2) is 5.78 Å². The van der Waals surface area contributed by atoms with Gasteiger partial charge in [0.05, 0.1) is 0 Å². The summed E-state index contributed by atoms with van der Waals surface area (Å²) in [6.45, 7) is 0. The summed E-state index contributed by atoms with van der Waals surface area (Å²) in [5.41, 5.74) is 2.65. The van der Waals surface area contributed by atoms with Gasteiger partial charge in [0.15, 0.2) is 0 Å². The molecule has 1 unspecified atom stereocenters. The van der Waals surface area contributed by atoms with E-state index in [0.717, 1.165) is 19.3 Å². The second-order valence-electron chi connectivity index (χ2n) is 4.83. The van der Waals surface area contributed by atoms with E-state index in [0.29, 0.717) is 11.7 Å². The molecule has 2 aliphatic carbocycles. The number of carbonyl (C=O) groups excluding carboxylic acids is 1. The fraction of sp³-hybridized carbons (Fsp3) is 0.400. The first-order chi connectivity index (χ1) is 7.86. The summed E-state index contributed by atoms with van der Waals surface area (Å²) in [6, 6.07) is 8.45. The van der Waals surface area contributed by atoms with Crippen LogP contribution in [0.15, 0.2) is 30.3 Å². The van der Waals surface area contributed by atoms with Gasteiger partial charge in [-0.2, -0.15) is 0 Å². The van der Waals surface area contributed by atoms with Gasteiger partial charge in [0.2, 0.25) is 0 Å². The number of carbonyl (C=O) groups is 1. The van der Waals surface area contributed by atoms with Crippen molar-refractivity contribution >= 4 is 11.9 Å². The number of fused-ring (bicyclic) bond motifs is 1. The Kier molecular flexibility index (Phi) is 2.39. The van der Waals surface area contributed by atoms with Crippen molar-refractivity contribution in [3.8, 4) is 0 Å². The van der Waals surface area contributed by atoms with Gasteiger partial charge >= 0.3 is 0 Å². The lowest BCUT2D eigenvalue weighted by molar-refractivity contribution is -0.124. The third kappa shape index (κ3) is 1.51. The summed E-state index contributed by atoms with van der Waals surface area (Å²) in [4.78, 5) is 12.0. The molecule has 16 heavy (non-hydrogen) atoms. The Bertz CT molecular complexity index is 445. The molecule has 0 amide bonds. The van der Waals surface area contributed by atoms with Gasteiger partial charge < -0.3 is 0 Å². The molecule has 1 nitrogen and oxygen atoms in total. The molecular formula is C15H16O. The number of rotatable bonds is 1. The van der Waals surface area contributed by atoms with Gasteiger partial charge in [-0.05, 0) is 24.0 Å². The van der Waals surface area contributed by atoms with Gasteiger partial charge in [-0.15, -0.1) is 0 Å². The average molecular weight is 212 g/mol. The number of allylic oxidation sites excluding steroid dienone is 1. The molecule has 1 aromatic rings. The smallest absolute Gasteiger partial charge is 0.136 e. The molecule has 1 saturated carbocycles. The van der Waals surface area contributed by atoms with Gasteiger partial charge in [0, 0.05) is 18.3 Å². The molecule has 0 heterocycles. The molecule has 1 aromatic carbocycles. The molecule has 2 atom stereocenters. The van der Waals surface area contributed by atoms with Crippen LogP contribution in [0.2, 0.25) is 0 Å². The van der Waals surface area contributed by atoms with Crippen molar-refractivity contribution in [3.63, 3.8) is 0 Å². The number of ketones is 1. The van der Waals surface area contributed by atoms with Gasteiger partial charge in [0.25, 0.3) is 0 Å². The van der Waals surface area contributed by atoms with Crippen LogP contribution in [0.25, 0.3) is 6.08 Å². The monoisotopic (exact) mass is 212 g/mol. The molecule has 0 saturated heterocycles. The van der Waals surface area contributed by atoms with E-state index in [1.165, 1.54) is 17.5 Å². The molecule has 0 spiro atoms. The SMILES string of the molecule is O=C1CCCC[C@H]1C1C=Cc2ccccc21. The lowest BCUT2D eigenvalue weighted by Crippen LogP contribution is -2.24. The number of benzene rings is 1. The first kappa shape index (κ1) is 9.83. The first-order valence-electron chi connectivity index (χ1n) is 6.16. The Balaban J connectivity index is 1.92. The van der Waals surface area contributed by atoms with Crippen LogP contribution in [0.1, 0.15) is 42.7 Å². The van der Waals surface area contributed by atoms with Crippen molar-refractivity contribution in [1.82, 2.24) is 0 Å². The Labute approximate surface area is 96.2 Å². The average Bonchev–Trinajstić information content (AvgIpc) is 2.74. The Hall–Kier alpha value is -1.37. The Morgan fingerprint density at radius 2 is 2.00 bits per heavy atom. The fourth-order valence-corrected chi connectivity index (χ4v) is 3.02. The summed E-state index contributed by atoms with van der Waals surface area (Å²) in [5.74, 6) is 1.07. The van der Waals surface area contributed by atoms with E-state index in [1.54, 1.807) is 0 Å². The van der Waals surface area contributed by atoms with Crippen LogP contribution >= 0.6 is 0 Å². The lowest BCUT2D eigenvalue weighted by atomic mass is 9.77. The minimum absolute atomic E-state index is 0.244. The predicted molar refractivity (Wildman–Crippen MR) is 65.2 cm³/mol. The molecule has 2 aliphatic rings. The molecule has 3 rings (SSSR count). The van der Waals surface area contributed by atoms with Gasteiger partial charge in [-0.25, -0.2) is 0 Å². The molecule has 0 radical (unpaired) electrons. The molecular weight excluding hydrogens is 196 g/mol.